The number of nitrogens with zero attached hydrogens (tertiary/aromatic N) is 2. The highest BCUT2D eigenvalue weighted by molar-refractivity contribution is 5.98. The number of rotatable bonds is 8. The van der Waals surface area contributed by atoms with Crippen LogP contribution in [0.15, 0.2) is 36.4 Å². The molecule has 9 nitrogen and oxygen atoms in total. The zero-order chi connectivity index (χ0) is 24.7. The quantitative estimate of drug-likeness (QED) is 0.635. The number of aryl methyl sites for hydroxylation is 1. The van der Waals surface area contributed by atoms with Gasteiger partial charge in [0.25, 0.3) is 11.8 Å². The summed E-state index contributed by atoms with van der Waals surface area (Å²) in [4.78, 5) is 41.4. The van der Waals surface area contributed by atoms with Crippen molar-refractivity contribution >= 4 is 17.7 Å². The van der Waals surface area contributed by atoms with E-state index >= 15 is 0 Å². The monoisotopic (exact) mass is 469 g/mol. The molecular formula is C25H31N3O6. The number of nitrogens with one attached hydrogen (secondary N) is 1. The second-order valence-corrected chi connectivity index (χ2v) is 7.82. The number of methoxy groups -OCH3 is 3. The summed E-state index contributed by atoms with van der Waals surface area (Å²) in [6.07, 6.45) is 0.922. The predicted octanol–water partition coefficient (Wildman–Crippen LogP) is 1.99. The van der Waals surface area contributed by atoms with E-state index in [1.54, 1.807) is 9.80 Å². The van der Waals surface area contributed by atoms with E-state index in [1.807, 2.05) is 24.3 Å². The molecule has 0 radical (unpaired) electrons. The van der Waals surface area contributed by atoms with Gasteiger partial charge < -0.3 is 29.3 Å². The van der Waals surface area contributed by atoms with Gasteiger partial charge >= 0.3 is 0 Å². The highest BCUT2D eigenvalue weighted by Crippen LogP contribution is 2.38. The van der Waals surface area contributed by atoms with Crippen LogP contribution in [-0.4, -0.2) is 81.6 Å². The van der Waals surface area contributed by atoms with E-state index in [9.17, 15) is 14.4 Å². The van der Waals surface area contributed by atoms with Crippen LogP contribution in [0.2, 0.25) is 0 Å². The Morgan fingerprint density at radius 2 is 1.38 bits per heavy atom. The van der Waals surface area contributed by atoms with Crippen LogP contribution in [0.4, 0.5) is 0 Å². The maximum Gasteiger partial charge on any atom is 0.253 e. The van der Waals surface area contributed by atoms with Crippen molar-refractivity contribution in [2.45, 2.75) is 13.3 Å². The van der Waals surface area contributed by atoms with Crippen molar-refractivity contribution in [2.24, 2.45) is 0 Å². The number of benzene rings is 2. The van der Waals surface area contributed by atoms with Gasteiger partial charge in [0.1, 0.15) is 0 Å². The van der Waals surface area contributed by atoms with Gasteiger partial charge in [-0.25, -0.2) is 0 Å². The summed E-state index contributed by atoms with van der Waals surface area (Å²) in [5.41, 5.74) is 2.11. The third-order valence-corrected chi connectivity index (χ3v) is 5.86. The first-order valence-corrected chi connectivity index (χ1v) is 11.2. The molecule has 1 N–H and O–H groups in total. The third-order valence-electron chi connectivity index (χ3n) is 5.86. The van der Waals surface area contributed by atoms with E-state index in [-0.39, 0.29) is 23.9 Å². The van der Waals surface area contributed by atoms with E-state index in [2.05, 4.69) is 12.2 Å². The Morgan fingerprint density at radius 3 is 1.88 bits per heavy atom. The molecule has 0 bridgehead atoms. The van der Waals surface area contributed by atoms with Crippen LogP contribution in [0.1, 0.15) is 33.2 Å². The van der Waals surface area contributed by atoms with Crippen LogP contribution in [0.5, 0.6) is 17.2 Å². The first kappa shape index (κ1) is 24.9. The van der Waals surface area contributed by atoms with E-state index in [1.165, 1.54) is 39.0 Å². The minimum Gasteiger partial charge on any atom is -0.493 e. The van der Waals surface area contributed by atoms with Crippen molar-refractivity contribution < 1.29 is 28.6 Å². The van der Waals surface area contributed by atoms with Crippen LogP contribution in [0.3, 0.4) is 0 Å². The molecule has 0 saturated carbocycles. The Morgan fingerprint density at radius 1 is 0.824 bits per heavy atom. The summed E-state index contributed by atoms with van der Waals surface area (Å²) < 4.78 is 15.8. The lowest BCUT2D eigenvalue weighted by molar-refractivity contribution is -0.131. The van der Waals surface area contributed by atoms with Crippen molar-refractivity contribution in [1.29, 1.82) is 0 Å². The minimum atomic E-state index is -0.433. The third kappa shape index (κ3) is 5.59. The fourth-order valence-corrected chi connectivity index (χ4v) is 3.81. The molecule has 1 aliphatic heterocycles. The van der Waals surface area contributed by atoms with Gasteiger partial charge in [-0.3, -0.25) is 14.4 Å². The Hall–Kier alpha value is -3.75. The smallest absolute Gasteiger partial charge is 0.253 e. The number of hydrogen-bond acceptors (Lipinski definition) is 6. The van der Waals surface area contributed by atoms with Crippen molar-refractivity contribution in [1.82, 2.24) is 15.1 Å². The molecule has 3 amide bonds. The first-order chi connectivity index (χ1) is 16.4. The minimum absolute atomic E-state index is 0.0366. The first-order valence-electron chi connectivity index (χ1n) is 11.2. The highest BCUT2D eigenvalue weighted by atomic mass is 16.5. The number of ether oxygens (including phenoxy) is 3. The molecule has 3 rings (SSSR count). The largest absolute Gasteiger partial charge is 0.493 e. The van der Waals surface area contributed by atoms with E-state index < -0.39 is 5.91 Å². The zero-order valence-corrected chi connectivity index (χ0v) is 20.1. The summed E-state index contributed by atoms with van der Waals surface area (Å²) in [6, 6.07) is 10.7. The number of carbonyl (C=O) groups excluding carboxylic acids is 3. The van der Waals surface area contributed by atoms with Crippen LogP contribution in [0, 0.1) is 0 Å². The Kier molecular flexibility index (Phi) is 8.34. The zero-order valence-electron chi connectivity index (χ0n) is 20.1. The number of carbonyl (C=O) groups is 3. The Bertz CT molecular complexity index is 1000. The summed E-state index contributed by atoms with van der Waals surface area (Å²) in [6.45, 7) is 3.64. The van der Waals surface area contributed by atoms with Crippen molar-refractivity contribution in [3.05, 3.63) is 53.1 Å². The molecule has 1 fully saturated rings. The van der Waals surface area contributed by atoms with Gasteiger partial charge in [-0.2, -0.15) is 0 Å². The van der Waals surface area contributed by atoms with Crippen molar-refractivity contribution in [3.63, 3.8) is 0 Å². The fourth-order valence-electron chi connectivity index (χ4n) is 3.81. The summed E-state index contributed by atoms with van der Waals surface area (Å²) in [5, 5.41) is 2.64. The standard InChI is InChI=1S/C25H31N3O6/c1-5-17-6-8-18(9-7-17)25(31)28-12-10-27(11-13-28)22(29)16-26-24(30)19-14-20(32-2)23(34-4)21(15-19)33-3/h6-9,14-15H,5,10-13,16H2,1-4H3,(H,26,30). The number of piperazine rings is 1. The van der Waals surface area contributed by atoms with Gasteiger partial charge in [0, 0.05) is 37.3 Å². The van der Waals surface area contributed by atoms with E-state index in [4.69, 9.17) is 14.2 Å². The second-order valence-electron chi connectivity index (χ2n) is 7.82. The SMILES string of the molecule is CCc1ccc(C(=O)N2CCN(C(=O)CNC(=O)c3cc(OC)c(OC)c(OC)c3)CC2)cc1. The maximum atomic E-state index is 12.7. The van der Waals surface area contributed by atoms with E-state index in [0.717, 1.165) is 6.42 Å². The molecule has 0 aliphatic carbocycles. The van der Waals surface area contributed by atoms with Crippen molar-refractivity contribution in [3.8, 4) is 17.2 Å². The summed E-state index contributed by atoms with van der Waals surface area (Å²) in [5.74, 6) is 0.404. The molecular weight excluding hydrogens is 438 g/mol. The Balaban J connectivity index is 1.53. The molecule has 0 atom stereocenters. The van der Waals surface area contributed by atoms with Gasteiger partial charge in [-0.05, 0) is 36.2 Å². The molecule has 1 aliphatic rings. The molecule has 1 saturated heterocycles. The van der Waals surface area contributed by atoms with E-state index in [0.29, 0.717) is 49.0 Å². The predicted molar refractivity (Wildman–Crippen MR) is 127 cm³/mol. The maximum absolute atomic E-state index is 12.7. The van der Waals surface area contributed by atoms with Crippen LogP contribution >= 0.6 is 0 Å². The average molecular weight is 470 g/mol. The molecule has 182 valence electrons. The molecule has 9 heteroatoms. The molecule has 0 aromatic heterocycles. The Labute approximate surface area is 199 Å². The summed E-state index contributed by atoms with van der Waals surface area (Å²) in [7, 11) is 4.41. The van der Waals surface area contributed by atoms with Gasteiger partial charge in [0.15, 0.2) is 11.5 Å². The van der Waals surface area contributed by atoms with Crippen LogP contribution in [-0.2, 0) is 11.2 Å². The lowest BCUT2D eigenvalue weighted by Gasteiger charge is -2.35. The second kappa shape index (κ2) is 11.4. The van der Waals surface area contributed by atoms with Gasteiger partial charge in [-0.1, -0.05) is 19.1 Å². The van der Waals surface area contributed by atoms with Gasteiger partial charge in [-0.15, -0.1) is 0 Å². The van der Waals surface area contributed by atoms with Crippen LogP contribution in [0.25, 0.3) is 0 Å². The highest BCUT2D eigenvalue weighted by Gasteiger charge is 2.25. The fraction of sp³-hybridized carbons (Fsp3) is 0.400. The van der Waals surface area contributed by atoms with Gasteiger partial charge in [0.2, 0.25) is 11.7 Å². The summed E-state index contributed by atoms with van der Waals surface area (Å²) >= 11 is 0. The normalized spacial score (nSPS) is 13.3. The molecule has 2 aromatic carbocycles. The number of amides is 3. The molecule has 1 heterocycles. The van der Waals surface area contributed by atoms with Gasteiger partial charge in [0.05, 0.1) is 27.9 Å². The lowest BCUT2D eigenvalue weighted by Crippen LogP contribution is -2.52. The number of hydrogen-bond donors (Lipinski definition) is 1. The molecule has 0 unspecified atom stereocenters. The molecule has 2 aromatic rings. The van der Waals surface area contributed by atoms with Crippen LogP contribution < -0.4 is 19.5 Å². The average Bonchev–Trinajstić information content (AvgIpc) is 2.90. The molecule has 34 heavy (non-hydrogen) atoms. The molecule has 0 spiro atoms. The topological polar surface area (TPSA) is 97.4 Å². The van der Waals surface area contributed by atoms with Crippen molar-refractivity contribution in [2.75, 3.05) is 54.1 Å². The lowest BCUT2D eigenvalue weighted by atomic mass is 10.1.